The van der Waals surface area contributed by atoms with Crippen molar-refractivity contribution in [1.29, 1.82) is 0 Å². The summed E-state index contributed by atoms with van der Waals surface area (Å²) in [5, 5.41) is 0.569. The molecule has 0 rings (SSSR count). The van der Waals surface area contributed by atoms with Gasteiger partial charge in [0.05, 0.1) is 0 Å². The molecule has 0 aliphatic rings. The highest BCUT2D eigenvalue weighted by Crippen LogP contribution is 2.08. The van der Waals surface area contributed by atoms with Crippen LogP contribution in [0.5, 0.6) is 0 Å². The highest BCUT2D eigenvalue weighted by atomic mass is 32.2. The molecule has 0 bridgehead atoms. The van der Waals surface area contributed by atoms with Gasteiger partial charge in [0.25, 0.3) is 0 Å². The molecule has 0 N–H and O–H groups in total. The summed E-state index contributed by atoms with van der Waals surface area (Å²) in [5.41, 5.74) is 0. The molecule has 0 fully saturated rings. The number of hydrogen-bond donors (Lipinski definition) is 0. The Balaban J connectivity index is 2.68. The third kappa shape index (κ3) is 6.35. The number of hydrogen-bond acceptors (Lipinski definition) is 1. The smallest absolute Gasteiger partial charge is 0.00191 e. The van der Waals surface area contributed by atoms with Crippen molar-refractivity contribution in [2.45, 2.75) is 25.5 Å². The number of thioether (sulfide) groups is 1. The van der Waals surface area contributed by atoms with Gasteiger partial charge in [-0.1, -0.05) is 13.8 Å². The van der Waals surface area contributed by atoms with Crippen LogP contribution < -0.4 is 0 Å². The van der Waals surface area contributed by atoms with Gasteiger partial charge in [-0.05, 0) is 19.1 Å². The molecule has 0 amide bonds. The average Bonchev–Trinajstić information content (AvgIpc) is 1.61. The summed E-state index contributed by atoms with van der Waals surface area (Å²) >= 11 is 1.92. The summed E-state index contributed by atoms with van der Waals surface area (Å²) in [6.45, 7) is 8.15. The van der Waals surface area contributed by atoms with Crippen LogP contribution in [-0.2, 0) is 0 Å². The van der Waals surface area contributed by atoms with Crippen LogP contribution in [-0.4, -0.2) is 11.0 Å². The van der Waals surface area contributed by atoms with Crippen LogP contribution in [0.15, 0.2) is 0 Å². The minimum atomic E-state index is 0.569. The quantitative estimate of drug-likeness (QED) is 0.547. The van der Waals surface area contributed by atoms with Gasteiger partial charge in [-0.2, -0.15) is 11.8 Å². The Hall–Kier alpha value is 0.350. The third-order valence-corrected chi connectivity index (χ3v) is 1.82. The molecule has 7 heavy (non-hydrogen) atoms. The Bertz CT molecular complexity index is 33.2. The van der Waals surface area contributed by atoms with Gasteiger partial charge in [0.1, 0.15) is 0 Å². The second-order valence-electron chi connectivity index (χ2n) is 1.68. The average molecular weight is 117 g/mol. The van der Waals surface area contributed by atoms with Crippen molar-refractivity contribution < 1.29 is 0 Å². The first-order valence-electron chi connectivity index (χ1n) is 2.72. The molecule has 1 radical (unpaired) electrons. The third-order valence-electron chi connectivity index (χ3n) is 0.606. The summed E-state index contributed by atoms with van der Waals surface area (Å²) in [7, 11) is 0. The maximum Gasteiger partial charge on any atom is 0.00191 e. The fourth-order valence-electron chi connectivity index (χ4n) is 0.319. The molecule has 0 aromatic rings. The molecule has 0 nitrogen and oxygen atoms in total. The Morgan fingerprint density at radius 3 is 2.43 bits per heavy atom. The molecule has 0 heterocycles. The van der Waals surface area contributed by atoms with Gasteiger partial charge < -0.3 is 0 Å². The lowest BCUT2D eigenvalue weighted by atomic mass is 10.6. The van der Waals surface area contributed by atoms with Gasteiger partial charge in [-0.25, -0.2) is 0 Å². The van der Waals surface area contributed by atoms with Crippen LogP contribution >= 0.6 is 11.8 Å². The normalized spacial score (nSPS) is 10.3. The van der Waals surface area contributed by atoms with Crippen molar-refractivity contribution in [1.82, 2.24) is 0 Å². The van der Waals surface area contributed by atoms with Crippen molar-refractivity contribution in [3.05, 3.63) is 6.92 Å². The van der Waals surface area contributed by atoms with E-state index in [2.05, 4.69) is 20.8 Å². The monoisotopic (exact) mass is 117 g/mol. The highest BCUT2D eigenvalue weighted by Gasteiger charge is 1.88. The summed E-state index contributed by atoms with van der Waals surface area (Å²) in [6, 6.07) is 0. The van der Waals surface area contributed by atoms with Crippen LogP contribution in [0.2, 0.25) is 0 Å². The van der Waals surface area contributed by atoms with E-state index in [9.17, 15) is 0 Å². The first-order valence-corrected chi connectivity index (χ1v) is 3.77. The van der Waals surface area contributed by atoms with E-state index in [0.717, 1.165) is 0 Å². The molecular weight excluding hydrogens is 104 g/mol. The lowest BCUT2D eigenvalue weighted by Gasteiger charge is -1.99. The minimum Gasteiger partial charge on any atom is -0.159 e. The molecule has 0 aliphatic carbocycles. The molecule has 1 atom stereocenters. The van der Waals surface area contributed by atoms with Crippen LogP contribution in [0.3, 0.4) is 0 Å². The lowest BCUT2D eigenvalue weighted by molar-refractivity contribution is 1.09. The van der Waals surface area contributed by atoms with Crippen molar-refractivity contribution in [3.8, 4) is 0 Å². The first-order chi connectivity index (χ1) is 3.27. The predicted molar refractivity (Wildman–Crippen MR) is 37.6 cm³/mol. The standard InChI is InChI=1S/C6H13S/c1-4-5-7-6(2)3/h6H,2,4-5H2,1,3H3. The largest absolute Gasteiger partial charge is 0.159 e. The van der Waals surface area contributed by atoms with E-state index >= 15 is 0 Å². The van der Waals surface area contributed by atoms with Crippen LogP contribution in [0.4, 0.5) is 0 Å². The van der Waals surface area contributed by atoms with Crippen molar-refractivity contribution in [3.63, 3.8) is 0 Å². The molecule has 0 saturated heterocycles. The van der Waals surface area contributed by atoms with E-state index in [1.54, 1.807) is 0 Å². The fraction of sp³-hybridized carbons (Fsp3) is 0.833. The van der Waals surface area contributed by atoms with Gasteiger partial charge in [-0.3, -0.25) is 0 Å². The molecule has 0 spiro atoms. The van der Waals surface area contributed by atoms with Gasteiger partial charge >= 0.3 is 0 Å². The van der Waals surface area contributed by atoms with Crippen LogP contribution in [0.25, 0.3) is 0 Å². The highest BCUT2D eigenvalue weighted by molar-refractivity contribution is 7.99. The van der Waals surface area contributed by atoms with Gasteiger partial charge in [0.15, 0.2) is 0 Å². The maximum absolute atomic E-state index is 3.84. The Morgan fingerprint density at radius 1 is 1.71 bits per heavy atom. The molecule has 1 unspecified atom stereocenters. The zero-order chi connectivity index (χ0) is 5.70. The van der Waals surface area contributed by atoms with E-state index in [1.165, 1.54) is 12.2 Å². The van der Waals surface area contributed by atoms with E-state index in [1.807, 2.05) is 11.8 Å². The lowest BCUT2D eigenvalue weighted by Crippen LogP contribution is -1.87. The Labute approximate surface area is 50.7 Å². The summed E-state index contributed by atoms with van der Waals surface area (Å²) in [4.78, 5) is 0. The maximum atomic E-state index is 3.84. The number of rotatable bonds is 3. The topological polar surface area (TPSA) is 0 Å². The van der Waals surface area contributed by atoms with E-state index < -0.39 is 0 Å². The molecule has 0 saturated carbocycles. The van der Waals surface area contributed by atoms with E-state index in [0.29, 0.717) is 5.25 Å². The van der Waals surface area contributed by atoms with Crippen molar-refractivity contribution >= 4 is 11.8 Å². The SMILES string of the molecule is [CH2]C(C)SCCC. The molecular formula is C6H13S. The first kappa shape index (κ1) is 7.35. The second-order valence-corrected chi connectivity index (χ2v) is 3.23. The van der Waals surface area contributed by atoms with Gasteiger partial charge in [0.2, 0.25) is 0 Å². The molecule has 1 heteroatoms. The summed E-state index contributed by atoms with van der Waals surface area (Å²) in [5.74, 6) is 1.25. The minimum absolute atomic E-state index is 0.569. The summed E-state index contributed by atoms with van der Waals surface area (Å²) < 4.78 is 0. The van der Waals surface area contributed by atoms with E-state index in [4.69, 9.17) is 0 Å². The van der Waals surface area contributed by atoms with Crippen LogP contribution in [0, 0.1) is 6.92 Å². The van der Waals surface area contributed by atoms with Gasteiger partial charge in [0, 0.05) is 5.25 Å². The molecule has 0 aromatic carbocycles. The van der Waals surface area contributed by atoms with Crippen molar-refractivity contribution in [2.75, 3.05) is 5.75 Å². The zero-order valence-corrected chi connectivity index (χ0v) is 5.92. The Kier molecular flexibility index (Phi) is 4.73. The van der Waals surface area contributed by atoms with Gasteiger partial charge in [-0.15, -0.1) is 0 Å². The van der Waals surface area contributed by atoms with Crippen molar-refractivity contribution in [2.24, 2.45) is 0 Å². The molecule has 0 aliphatic heterocycles. The molecule has 43 valence electrons. The fourth-order valence-corrected chi connectivity index (χ4v) is 0.957. The zero-order valence-electron chi connectivity index (χ0n) is 5.11. The Morgan fingerprint density at radius 2 is 2.29 bits per heavy atom. The predicted octanol–water partition coefficient (Wildman–Crippen LogP) is 2.35. The second kappa shape index (κ2) is 4.51. The molecule has 0 aromatic heterocycles. The van der Waals surface area contributed by atoms with E-state index in [-0.39, 0.29) is 0 Å². The summed E-state index contributed by atoms with van der Waals surface area (Å²) in [6.07, 6.45) is 1.27. The van der Waals surface area contributed by atoms with Crippen LogP contribution in [0.1, 0.15) is 20.3 Å².